The molecule has 6 heterocycles. The quantitative estimate of drug-likeness (QED) is 0.0303. The number of nitrogens with two attached hydrogens (primary N) is 2. The highest BCUT2D eigenvalue weighted by Gasteiger charge is 2.18. The standard InChI is InChI=1S/2C20H17Cl2N9O2/c2*21-12-1-2-13(14(22)9-12)18-16(30-8-7-24-11-30)10-27-20(29-18)26-6-5-25-17-4-3-15(31(32)33)19(23)28-17/h2*1-4,7-11H,5-6H2,(H3,23,25,28)(H,26,27,29). The van der Waals surface area contributed by atoms with E-state index in [1.807, 2.05) is 0 Å². The van der Waals surface area contributed by atoms with Crippen molar-refractivity contribution in [3.05, 3.63) is 151 Å². The molecule has 0 bridgehead atoms. The van der Waals surface area contributed by atoms with E-state index in [1.54, 1.807) is 95.4 Å². The Morgan fingerprint density at radius 3 is 1.32 bits per heavy atom. The lowest BCUT2D eigenvalue weighted by atomic mass is 10.1. The summed E-state index contributed by atoms with van der Waals surface area (Å²) >= 11 is 24.9. The number of nitrogens with zero attached hydrogens (tertiary/aromatic N) is 12. The van der Waals surface area contributed by atoms with Crippen LogP contribution in [0, 0.1) is 20.2 Å². The number of imidazole rings is 2. The Morgan fingerprint density at radius 2 is 0.970 bits per heavy atom. The van der Waals surface area contributed by atoms with Gasteiger partial charge in [0.25, 0.3) is 0 Å². The molecule has 2 aromatic carbocycles. The lowest BCUT2D eigenvalue weighted by Gasteiger charge is -2.13. The number of nitrogens with one attached hydrogen (secondary N) is 4. The van der Waals surface area contributed by atoms with Crippen LogP contribution in [0.4, 0.5) is 46.5 Å². The van der Waals surface area contributed by atoms with Crippen LogP contribution in [0.1, 0.15) is 0 Å². The van der Waals surface area contributed by atoms with Gasteiger partial charge in [-0.15, -0.1) is 0 Å². The van der Waals surface area contributed by atoms with Gasteiger partial charge in [0.2, 0.25) is 23.5 Å². The summed E-state index contributed by atoms with van der Waals surface area (Å²) in [4.78, 5) is 54.7. The van der Waals surface area contributed by atoms with Crippen LogP contribution in [-0.4, -0.2) is 85.0 Å². The van der Waals surface area contributed by atoms with Gasteiger partial charge >= 0.3 is 11.4 Å². The Bertz CT molecular complexity index is 2800. The van der Waals surface area contributed by atoms with E-state index in [2.05, 4.69) is 61.1 Å². The van der Waals surface area contributed by atoms with Crippen LogP contribution < -0.4 is 32.7 Å². The first-order valence-electron chi connectivity index (χ1n) is 19.2. The number of rotatable bonds is 16. The Morgan fingerprint density at radius 1 is 0.561 bits per heavy atom. The summed E-state index contributed by atoms with van der Waals surface area (Å²) in [6, 6.07) is 16.0. The van der Waals surface area contributed by atoms with E-state index >= 15 is 0 Å². The SMILES string of the molecule is Nc1nc(NCCNc2ncc(-n3ccnc3)c(-c3ccc(Cl)cc3Cl)n2)ccc1[N+](=O)[O-].Nc1nc(NCCNc2ncc(-n3ccnc3)c(-c3ccc(Cl)cc3Cl)n2)ccc1[N+](=O)[O-]. The summed E-state index contributed by atoms with van der Waals surface area (Å²) in [5.41, 5.74) is 14.7. The second kappa shape index (κ2) is 21.2. The van der Waals surface area contributed by atoms with Gasteiger partial charge in [0.15, 0.2) is 0 Å². The second-order valence-electron chi connectivity index (χ2n) is 13.5. The van der Waals surface area contributed by atoms with Crippen molar-refractivity contribution in [3.8, 4) is 33.9 Å². The molecule has 0 aliphatic carbocycles. The molecule has 8 aromatic rings. The lowest BCUT2D eigenvalue weighted by molar-refractivity contribution is -0.384. The Labute approximate surface area is 393 Å². The molecule has 26 heteroatoms. The van der Waals surface area contributed by atoms with E-state index < -0.39 is 9.85 Å². The zero-order chi connectivity index (χ0) is 46.7. The van der Waals surface area contributed by atoms with Crippen molar-refractivity contribution in [2.75, 3.05) is 58.9 Å². The van der Waals surface area contributed by atoms with Crippen LogP contribution in [0.25, 0.3) is 33.9 Å². The van der Waals surface area contributed by atoms with Gasteiger partial charge in [-0.1, -0.05) is 46.4 Å². The van der Waals surface area contributed by atoms with Crippen molar-refractivity contribution in [2.45, 2.75) is 0 Å². The number of nitro groups is 2. The Hall–Kier alpha value is -7.92. The first-order valence-corrected chi connectivity index (χ1v) is 20.7. The molecule has 0 saturated carbocycles. The molecule has 0 amide bonds. The van der Waals surface area contributed by atoms with Crippen molar-refractivity contribution in [2.24, 2.45) is 0 Å². The molecule has 0 radical (unpaired) electrons. The zero-order valence-electron chi connectivity index (χ0n) is 33.9. The molecule has 0 unspecified atom stereocenters. The molecule has 336 valence electrons. The minimum atomic E-state index is -0.580. The van der Waals surface area contributed by atoms with E-state index in [-0.39, 0.29) is 23.0 Å². The Balaban J connectivity index is 0.000000196. The number of benzene rings is 2. The molecule has 22 nitrogen and oxygen atoms in total. The van der Waals surface area contributed by atoms with Gasteiger partial charge in [0.05, 0.1) is 56.3 Å². The molecule has 0 atom stereocenters. The highest BCUT2D eigenvalue weighted by molar-refractivity contribution is 6.37. The van der Waals surface area contributed by atoms with Gasteiger partial charge in [0.1, 0.15) is 23.0 Å². The Kier molecular flexibility index (Phi) is 14.8. The zero-order valence-corrected chi connectivity index (χ0v) is 36.9. The van der Waals surface area contributed by atoms with Crippen molar-refractivity contribution in [1.29, 1.82) is 0 Å². The fourth-order valence-electron chi connectivity index (χ4n) is 6.03. The third kappa shape index (κ3) is 11.4. The van der Waals surface area contributed by atoms with Gasteiger partial charge in [-0.25, -0.2) is 39.9 Å². The van der Waals surface area contributed by atoms with Crippen molar-refractivity contribution >= 4 is 92.9 Å². The average Bonchev–Trinajstić information content (AvgIpc) is 4.03. The van der Waals surface area contributed by atoms with Crippen molar-refractivity contribution in [3.63, 3.8) is 0 Å². The summed E-state index contributed by atoms with van der Waals surface area (Å²) in [5, 5.41) is 36.0. The third-order valence-corrected chi connectivity index (χ3v) is 10.2. The average molecular weight is 973 g/mol. The molecular weight excluding hydrogens is 938 g/mol. The molecule has 8 rings (SSSR count). The number of aromatic nitrogens is 10. The normalized spacial score (nSPS) is 10.7. The van der Waals surface area contributed by atoms with Gasteiger partial charge < -0.3 is 41.9 Å². The molecule has 0 spiro atoms. The number of hydrogen-bond acceptors (Lipinski definition) is 18. The maximum atomic E-state index is 10.8. The van der Waals surface area contributed by atoms with Crippen molar-refractivity contribution in [1.82, 2.24) is 49.0 Å². The first kappa shape index (κ1) is 46.1. The van der Waals surface area contributed by atoms with Gasteiger partial charge in [-0.3, -0.25) is 20.2 Å². The number of pyridine rings is 2. The second-order valence-corrected chi connectivity index (χ2v) is 15.2. The van der Waals surface area contributed by atoms with Crippen LogP contribution in [0.3, 0.4) is 0 Å². The fraction of sp³-hybridized carbons (Fsp3) is 0.100. The van der Waals surface area contributed by atoms with E-state index in [1.165, 1.54) is 24.3 Å². The highest BCUT2D eigenvalue weighted by Crippen LogP contribution is 2.35. The molecule has 8 N–H and O–H groups in total. The van der Waals surface area contributed by atoms with Crippen LogP contribution in [0.5, 0.6) is 0 Å². The van der Waals surface area contributed by atoms with Gasteiger partial charge in [0, 0.05) is 84.3 Å². The minimum Gasteiger partial charge on any atom is -0.378 e. The number of anilines is 6. The van der Waals surface area contributed by atoms with Crippen LogP contribution in [0.2, 0.25) is 20.1 Å². The molecule has 0 aliphatic heterocycles. The molecule has 0 saturated heterocycles. The smallest absolute Gasteiger partial charge is 0.311 e. The van der Waals surface area contributed by atoms with E-state index in [0.717, 1.165) is 0 Å². The van der Waals surface area contributed by atoms with Crippen LogP contribution >= 0.6 is 46.4 Å². The molecule has 0 fully saturated rings. The number of hydrogen-bond donors (Lipinski definition) is 6. The predicted molar refractivity (Wildman–Crippen MR) is 254 cm³/mol. The van der Waals surface area contributed by atoms with Crippen molar-refractivity contribution < 1.29 is 9.85 Å². The van der Waals surface area contributed by atoms with Crippen LogP contribution in [-0.2, 0) is 0 Å². The highest BCUT2D eigenvalue weighted by atomic mass is 35.5. The first-order chi connectivity index (χ1) is 31.8. The molecule has 6 aromatic heterocycles. The van der Waals surface area contributed by atoms with E-state index in [9.17, 15) is 20.2 Å². The number of halogens is 4. The number of nitrogen functional groups attached to an aromatic ring is 2. The minimum absolute atomic E-state index is 0.152. The summed E-state index contributed by atoms with van der Waals surface area (Å²) in [5.74, 6) is 1.31. The van der Waals surface area contributed by atoms with E-state index in [4.69, 9.17) is 57.9 Å². The van der Waals surface area contributed by atoms with Crippen LogP contribution in [0.15, 0.2) is 110 Å². The predicted octanol–water partition coefficient (Wildman–Crippen LogP) is 8.09. The topological polar surface area (TPSA) is 299 Å². The molecule has 0 aliphatic rings. The summed E-state index contributed by atoms with van der Waals surface area (Å²) in [7, 11) is 0. The lowest BCUT2D eigenvalue weighted by Crippen LogP contribution is -2.16. The maximum absolute atomic E-state index is 10.8. The van der Waals surface area contributed by atoms with Gasteiger partial charge in [-0.2, -0.15) is 0 Å². The van der Waals surface area contributed by atoms with E-state index in [0.29, 0.717) is 104 Å². The largest absolute Gasteiger partial charge is 0.378 e. The monoisotopic (exact) mass is 970 g/mol. The third-order valence-electron chi connectivity index (χ3n) is 9.10. The maximum Gasteiger partial charge on any atom is 0.311 e. The summed E-state index contributed by atoms with van der Waals surface area (Å²) in [6.07, 6.45) is 13.5. The molecule has 66 heavy (non-hydrogen) atoms. The van der Waals surface area contributed by atoms with Gasteiger partial charge in [-0.05, 0) is 48.5 Å². The molecular formula is C40H34Cl4N18O4. The summed E-state index contributed by atoms with van der Waals surface area (Å²) < 4.78 is 3.58. The fourth-order valence-corrected chi connectivity index (χ4v) is 7.03. The summed E-state index contributed by atoms with van der Waals surface area (Å²) in [6.45, 7) is 1.76.